The Balaban J connectivity index is 1.16. The molecule has 0 spiro atoms. The maximum absolute atomic E-state index is 13.2. The van der Waals surface area contributed by atoms with Crippen molar-refractivity contribution in [1.29, 1.82) is 0 Å². The molecule has 2 fully saturated rings. The van der Waals surface area contributed by atoms with Crippen molar-refractivity contribution in [3.8, 4) is 5.75 Å². The SMILES string of the molecule is CC1O[C@H](COc2ccc(C3CCN(C4=Nn5c(nnc5C(F)(F)F)CC4)CC3)cc2)[C@@H](O)[C@H]1O. The number of aliphatic hydroxyl groups is 2. The molecule has 0 radical (unpaired) electrons. The van der Waals surface area contributed by atoms with Crippen LogP contribution >= 0.6 is 0 Å². The highest BCUT2D eigenvalue weighted by Crippen LogP contribution is 2.32. The van der Waals surface area contributed by atoms with E-state index in [1.807, 2.05) is 24.3 Å². The average molecular weight is 496 g/mol. The van der Waals surface area contributed by atoms with Crippen LogP contribution in [0.3, 0.4) is 0 Å². The summed E-state index contributed by atoms with van der Waals surface area (Å²) in [5.41, 5.74) is 1.17. The maximum atomic E-state index is 13.2. The van der Waals surface area contributed by atoms with Gasteiger partial charge in [-0.1, -0.05) is 12.1 Å². The number of alkyl halides is 3. The monoisotopic (exact) mass is 495 g/mol. The van der Waals surface area contributed by atoms with Crippen molar-refractivity contribution >= 4 is 5.84 Å². The third-order valence-corrected chi connectivity index (χ3v) is 6.97. The Bertz CT molecular complexity index is 1070. The molecule has 0 aliphatic carbocycles. The van der Waals surface area contributed by atoms with Gasteiger partial charge in [0.25, 0.3) is 5.82 Å². The number of piperidine rings is 1. The van der Waals surface area contributed by atoms with E-state index in [0.717, 1.165) is 17.5 Å². The lowest BCUT2D eigenvalue weighted by atomic mass is 9.89. The van der Waals surface area contributed by atoms with Crippen LogP contribution < -0.4 is 4.74 Å². The fourth-order valence-corrected chi connectivity index (χ4v) is 4.92. The van der Waals surface area contributed by atoms with E-state index in [-0.39, 0.29) is 12.4 Å². The molecule has 1 aromatic carbocycles. The van der Waals surface area contributed by atoms with Crippen LogP contribution in [-0.4, -0.2) is 79.9 Å². The molecule has 9 nitrogen and oxygen atoms in total. The van der Waals surface area contributed by atoms with E-state index in [1.54, 1.807) is 6.92 Å². The van der Waals surface area contributed by atoms with Crippen molar-refractivity contribution in [3.63, 3.8) is 0 Å². The Morgan fingerprint density at radius 2 is 1.77 bits per heavy atom. The normalized spacial score (nSPS) is 27.6. The highest BCUT2D eigenvalue weighted by Gasteiger charge is 2.41. The molecule has 1 aromatic heterocycles. The van der Waals surface area contributed by atoms with Crippen LogP contribution in [0, 0.1) is 0 Å². The first-order valence-electron chi connectivity index (χ1n) is 11.8. The van der Waals surface area contributed by atoms with E-state index in [4.69, 9.17) is 9.47 Å². The second kappa shape index (κ2) is 9.40. The fourth-order valence-electron chi connectivity index (χ4n) is 4.92. The maximum Gasteiger partial charge on any atom is 0.453 e. The lowest BCUT2D eigenvalue weighted by Gasteiger charge is -2.35. The van der Waals surface area contributed by atoms with E-state index < -0.39 is 36.4 Å². The van der Waals surface area contributed by atoms with Crippen LogP contribution in [0.25, 0.3) is 0 Å². The summed E-state index contributed by atoms with van der Waals surface area (Å²) in [7, 11) is 0. The molecular weight excluding hydrogens is 467 g/mol. The molecule has 5 rings (SSSR count). The van der Waals surface area contributed by atoms with Crippen molar-refractivity contribution < 1.29 is 32.9 Å². The predicted molar refractivity (Wildman–Crippen MR) is 118 cm³/mol. The number of nitrogens with zero attached hydrogens (tertiary/aromatic N) is 5. The fraction of sp³-hybridized carbons (Fsp3) is 0.609. The van der Waals surface area contributed by atoms with Crippen LogP contribution in [0.1, 0.15) is 49.3 Å². The largest absolute Gasteiger partial charge is 0.491 e. The molecule has 0 amide bonds. The zero-order valence-corrected chi connectivity index (χ0v) is 19.2. The lowest BCUT2D eigenvalue weighted by molar-refractivity contribution is -0.147. The average Bonchev–Trinajstić information content (AvgIpc) is 3.39. The minimum absolute atomic E-state index is 0.145. The van der Waals surface area contributed by atoms with Crippen molar-refractivity contribution in [2.24, 2.45) is 5.10 Å². The van der Waals surface area contributed by atoms with E-state index in [9.17, 15) is 23.4 Å². The van der Waals surface area contributed by atoms with Crippen LogP contribution in [0.5, 0.6) is 5.75 Å². The molecule has 4 atom stereocenters. The number of amidine groups is 1. The molecule has 0 saturated carbocycles. The topological polar surface area (TPSA) is 105 Å². The van der Waals surface area contributed by atoms with E-state index >= 15 is 0 Å². The quantitative estimate of drug-likeness (QED) is 0.670. The Morgan fingerprint density at radius 1 is 1.06 bits per heavy atom. The van der Waals surface area contributed by atoms with Gasteiger partial charge in [-0.05, 0) is 43.4 Å². The van der Waals surface area contributed by atoms with E-state index in [1.165, 1.54) is 5.56 Å². The smallest absolute Gasteiger partial charge is 0.453 e. The number of fused-ring (bicyclic) bond motifs is 1. The molecule has 2 saturated heterocycles. The molecule has 12 heteroatoms. The Kier molecular flexibility index (Phi) is 6.45. The van der Waals surface area contributed by atoms with E-state index in [2.05, 4.69) is 20.2 Å². The number of aliphatic hydroxyl groups excluding tert-OH is 2. The number of hydrogen-bond acceptors (Lipinski definition) is 8. The zero-order valence-electron chi connectivity index (χ0n) is 19.2. The summed E-state index contributed by atoms with van der Waals surface area (Å²) < 4.78 is 51.6. The van der Waals surface area contributed by atoms with Crippen molar-refractivity contribution in [1.82, 2.24) is 19.8 Å². The Morgan fingerprint density at radius 3 is 2.40 bits per heavy atom. The Hall–Kier alpha value is -2.70. The van der Waals surface area contributed by atoms with Gasteiger partial charge in [0.1, 0.15) is 36.5 Å². The highest BCUT2D eigenvalue weighted by atomic mass is 19.4. The van der Waals surface area contributed by atoms with Crippen molar-refractivity contribution in [2.75, 3.05) is 19.7 Å². The molecular formula is C23H28F3N5O4. The first kappa shape index (κ1) is 24.0. The Labute approximate surface area is 200 Å². The number of benzene rings is 1. The van der Waals surface area contributed by atoms with Crippen molar-refractivity contribution in [2.45, 2.75) is 69.1 Å². The highest BCUT2D eigenvalue weighted by molar-refractivity contribution is 5.83. The summed E-state index contributed by atoms with van der Waals surface area (Å²) in [6.07, 6.45) is -4.85. The van der Waals surface area contributed by atoms with Gasteiger partial charge in [-0.3, -0.25) is 0 Å². The summed E-state index contributed by atoms with van der Waals surface area (Å²) in [5.74, 6) is 0.773. The predicted octanol–water partition coefficient (Wildman–Crippen LogP) is 2.17. The second-order valence-corrected chi connectivity index (χ2v) is 9.27. The summed E-state index contributed by atoms with van der Waals surface area (Å²) in [4.78, 5) is 2.05. The molecule has 190 valence electrons. The first-order valence-corrected chi connectivity index (χ1v) is 11.8. The molecule has 4 heterocycles. The number of likely N-dealkylation sites (tertiary alicyclic amines) is 1. The van der Waals surface area contributed by atoms with Gasteiger partial charge in [0, 0.05) is 25.9 Å². The molecule has 3 aliphatic heterocycles. The number of rotatable bonds is 4. The summed E-state index contributed by atoms with van der Waals surface area (Å²) in [6.45, 7) is 3.27. The van der Waals surface area contributed by atoms with Crippen LogP contribution in [-0.2, 0) is 17.3 Å². The van der Waals surface area contributed by atoms with Crippen LogP contribution in [0.15, 0.2) is 29.4 Å². The first-order chi connectivity index (χ1) is 16.7. The summed E-state index contributed by atoms with van der Waals surface area (Å²) >= 11 is 0. The number of halogens is 3. The summed E-state index contributed by atoms with van der Waals surface area (Å²) in [6, 6.07) is 7.77. The molecule has 35 heavy (non-hydrogen) atoms. The van der Waals surface area contributed by atoms with Gasteiger partial charge in [-0.2, -0.15) is 22.9 Å². The molecule has 3 aliphatic rings. The van der Waals surface area contributed by atoms with Gasteiger partial charge in [0.15, 0.2) is 5.82 Å². The van der Waals surface area contributed by atoms with Crippen LogP contribution in [0.2, 0.25) is 0 Å². The molecule has 0 bridgehead atoms. The molecule has 2 N–H and O–H groups in total. The second-order valence-electron chi connectivity index (χ2n) is 9.27. The van der Waals surface area contributed by atoms with Crippen molar-refractivity contribution in [3.05, 3.63) is 41.5 Å². The minimum atomic E-state index is -4.59. The zero-order chi connectivity index (χ0) is 24.7. The van der Waals surface area contributed by atoms with Crippen LogP contribution in [0.4, 0.5) is 13.2 Å². The van der Waals surface area contributed by atoms with Gasteiger partial charge in [0.05, 0.1) is 6.10 Å². The van der Waals surface area contributed by atoms with E-state index in [0.29, 0.717) is 43.4 Å². The lowest BCUT2D eigenvalue weighted by Crippen LogP contribution is -2.40. The standard InChI is InChI=1S/C23H28F3N5O4/c1-13-20(32)21(33)17(35-13)12-34-16-4-2-14(3-5-16)15-8-10-30(11-9-15)19-7-6-18-27-28-22(23(24,25)26)31(18)29-19/h2-5,13,15,17,20-21,32-33H,6-12H2,1H3/t13?,17-,20+,21-/m1/s1. The number of aryl methyl sites for hydroxylation is 1. The van der Waals surface area contributed by atoms with Gasteiger partial charge in [-0.15, -0.1) is 10.2 Å². The minimum Gasteiger partial charge on any atom is -0.491 e. The third-order valence-electron chi connectivity index (χ3n) is 6.97. The van der Waals surface area contributed by atoms with Gasteiger partial charge >= 0.3 is 6.18 Å². The number of aromatic nitrogens is 3. The molecule has 2 aromatic rings. The van der Waals surface area contributed by atoms with Gasteiger partial charge in [-0.25, -0.2) is 0 Å². The van der Waals surface area contributed by atoms with Gasteiger partial charge in [0.2, 0.25) is 0 Å². The number of ether oxygens (including phenoxy) is 2. The third kappa shape index (κ3) is 4.87. The molecule has 1 unspecified atom stereocenters. The number of hydrogen-bond donors (Lipinski definition) is 2. The van der Waals surface area contributed by atoms with Gasteiger partial charge < -0.3 is 24.6 Å². The summed E-state index contributed by atoms with van der Waals surface area (Å²) in [5, 5.41) is 30.9.